The van der Waals surface area contributed by atoms with Gasteiger partial charge in [-0.25, -0.2) is 9.97 Å². The van der Waals surface area contributed by atoms with E-state index in [0.29, 0.717) is 11.4 Å². The molecule has 0 unspecified atom stereocenters. The molecule has 1 aliphatic rings. The second kappa shape index (κ2) is 10.1. The summed E-state index contributed by atoms with van der Waals surface area (Å²) in [5.41, 5.74) is 9.52. The van der Waals surface area contributed by atoms with Crippen LogP contribution in [0.15, 0.2) is 150 Å². The first-order chi connectivity index (χ1) is 24.3. The SMILES string of the molecule is c1ccc(-c2ccc3c(c2)Oc2ccc(-c4nc(-c5ccc6sc7ccccc7c6c5)c5oc6ccccc6c5n4)c4cccc-3c24)cc1. The van der Waals surface area contributed by atoms with Crippen LogP contribution < -0.4 is 4.74 Å². The summed E-state index contributed by atoms with van der Waals surface area (Å²) < 4.78 is 15.6. The van der Waals surface area contributed by atoms with Crippen LogP contribution in [-0.2, 0) is 0 Å². The van der Waals surface area contributed by atoms with Crippen LogP contribution in [0.4, 0.5) is 0 Å². The molecule has 3 aromatic heterocycles. The lowest BCUT2D eigenvalue weighted by molar-refractivity contribution is 0.487. The summed E-state index contributed by atoms with van der Waals surface area (Å²) >= 11 is 1.81. The van der Waals surface area contributed by atoms with E-state index in [-0.39, 0.29) is 0 Å². The lowest BCUT2D eigenvalue weighted by Crippen LogP contribution is -2.00. The molecule has 0 N–H and O–H groups in total. The van der Waals surface area contributed by atoms with Gasteiger partial charge >= 0.3 is 0 Å². The topological polar surface area (TPSA) is 48.2 Å². The van der Waals surface area contributed by atoms with E-state index in [1.54, 1.807) is 0 Å². The number of fused-ring (bicyclic) bond motifs is 8. The summed E-state index contributed by atoms with van der Waals surface area (Å²) in [6.07, 6.45) is 0. The maximum atomic E-state index is 6.62. The predicted octanol–water partition coefficient (Wildman–Crippen LogP) is 12.7. The largest absolute Gasteiger partial charge is 0.456 e. The summed E-state index contributed by atoms with van der Waals surface area (Å²) in [7, 11) is 0. The highest BCUT2D eigenvalue weighted by molar-refractivity contribution is 7.25. The molecule has 4 heterocycles. The van der Waals surface area contributed by atoms with Crippen molar-refractivity contribution in [3.8, 4) is 56.4 Å². The zero-order valence-electron chi connectivity index (χ0n) is 26.0. The molecule has 0 fully saturated rings. The molecule has 1 aliphatic heterocycles. The van der Waals surface area contributed by atoms with Crippen molar-refractivity contribution in [1.82, 2.24) is 9.97 Å². The first-order valence-corrected chi connectivity index (χ1v) is 17.1. The van der Waals surface area contributed by atoms with Crippen molar-refractivity contribution in [3.05, 3.63) is 146 Å². The van der Waals surface area contributed by atoms with Gasteiger partial charge in [0.2, 0.25) is 0 Å². The Labute approximate surface area is 284 Å². The van der Waals surface area contributed by atoms with Crippen molar-refractivity contribution in [2.45, 2.75) is 0 Å². The monoisotopic (exact) mass is 644 g/mol. The highest BCUT2D eigenvalue weighted by Gasteiger charge is 2.25. The first kappa shape index (κ1) is 26.7. The number of aromatic nitrogens is 2. The van der Waals surface area contributed by atoms with Crippen LogP contribution in [0.2, 0.25) is 0 Å². The van der Waals surface area contributed by atoms with E-state index in [9.17, 15) is 0 Å². The number of rotatable bonds is 3. The quantitative estimate of drug-likeness (QED) is 0.192. The van der Waals surface area contributed by atoms with Gasteiger partial charge in [-0.15, -0.1) is 11.3 Å². The van der Waals surface area contributed by atoms with E-state index in [2.05, 4.69) is 121 Å². The van der Waals surface area contributed by atoms with Crippen molar-refractivity contribution in [2.75, 3.05) is 0 Å². The van der Waals surface area contributed by atoms with E-state index in [1.165, 1.54) is 20.2 Å². The van der Waals surface area contributed by atoms with E-state index in [1.807, 2.05) is 35.6 Å². The van der Waals surface area contributed by atoms with Crippen LogP contribution in [0.5, 0.6) is 11.5 Å². The molecule has 7 aromatic carbocycles. The van der Waals surface area contributed by atoms with Crippen molar-refractivity contribution in [1.29, 1.82) is 0 Å². The molecule has 0 saturated heterocycles. The number of nitrogens with zero attached hydrogens (tertiary/aromatic N) is 2. The van der Waals surface area contributed by atoms with Gasteiger partial charge in [0.15, 0.2) is 11.4 Å². The normalized spacial score (nSPS) is 12.2. The summed E-state index contributed by atoms with van der Waals surface area (Å²) in [6.45, 7) is 0. The summed E-state index contributed by atoms with van der Waals surface area (Å²) in [6, 6.07) is 50.8. The third-order valence-corrected chi connectivity index (χ3v) is 10.9. The van der Waals surface area contributed by atoms with Gasteiger partial charge in [-0.2, -0.15) is 0 Å². The summed E-state index contributed by atoms with van der Waals surface area (Å²) in [5, 5.41) is 5.55. The molecule has 0 atom stereocenters. The van der Waals surface area contributed by atoms with Crippen molar-refractivity contribution in [3.63, 3.8) is 0 Å². The Morgan fingerprint density at radius 1 is 0.469 bits per heavy atom. The average Bonchev–Trinajstić information content (AvgIpc) is 3.73. The second-order valence-corrected chi connectivity index (χ2v) is 13.6. The van der Waals surface area contributed by atoms with Gasteiger partial charge in [0.1, 0.15) is 28.3 Å². The van der Waals surface area contributed by atoms with Crippen LogP contribution in [0.1, 0.15) is 0 Å². The molecule has 11 rings (SSSR count). The molecular formula is C44H24N2O2S. The molecule has 5 heteroatoms. The number of hydrogen-bond acceptors (Lipinski definition) is 5. The number of furan rings is 1. The van der Waals surface area contributed by atoms with Crippen molar-refractivity contribution in [2.24, 2.45) is 0 Å². The number of hydrogen-bond donors (Lipinski definition) is 0. The van der Waals surface area contributed by atoms with Gasteiger partial charge in [-0.1, -0.05) is 91.0 Å². The van der Waals surface area contributed by atoms with Crippen molar-refractivity contribution < 1.29 is 9.15 Å². The van der Waals surface area contributed by atoms with Gasteiger partial charge in [0.25, 0.3) is 0 Å². The highest BCUT2D eigenvalue weighted by atomic mass is 32.1. The number of thiophene rings is 1. The molecule has 4 nitrogen and oxygen atoms in total. The minimum Gasteiger partial charge on any atom is -0.456 e. The van der Waals surface area contributed by atoms with E-state index in [4.69, 9.17) is 19.1 Å². The van der Waals surface area contributed by atoms with Gasteiger partial charge < -0.3 is 9.15 Å². The van der Waals surface area contributed by atoms with Crippen molar-refractivity contribution >= 4 is 64.4 Å². The average molecular weight is 645 g/mol. The molecule has 0 saturated carbocycles. The highest BCUT2D eigenvalue weighted by Crippen LogP contribution is 2.50. The minimum absolute atomic E-state index is 0.651. The molecule has 0 aliphatic carbocycles. The zero-order valence-corrected chi connectivity index (χ0v) is 26.8. The van der Waals surface area contributed by atoms with Crippen LogP contribution in [0.25, 0.3) is 97.9 Å². The fourth-order valence-electron chi connectivity index (χ4n) is 7.42. The Morgan fingerprint density at radius 2 is 1.24 bits per heavy atom. The number of benzene rings is 7. The van der Waals surface area contributed by atoms with E-state index in [0.717, 1.165) is 77.8 Å². The molecule has 0 radical (unpaired) electrons. The Morgan fingerprint density at radius 3 is 2.18 bits per heavy atom. The first-order valence-electron chi connectivity index (χ1n) is 16.3. The van der Waals surface area contributed by atoms with Crippen LogP contribution in [-0.4, -0.2) is 9.97 Å². The molecule has 0 spiro atoms. The Hall–Kier alpha value is -6.30. The second-order valence-electron chi connectivity index (χ2n) is 12.5. The molecule has 0 bridgehead atoms. The third kappa shape index (κ3) is 3.97. The molecule has 10 aromatic rings. The fourth-order valence-corrected chi connectivity index (χ4v) is 8.50. The lowest BCUT2D eigenvalue weighted by atomic mass is 9.91. The van der Waals surface area contributed by atoms with Crippen LogP contribution in [0.3, 0.4) is 0 Å². The molecule has 49 heavy (non-hydrogen) atoms. The number of ether oxygens (including phenoxy) is 1. The standard InChI is InChI=1S/C44H24N2O2S/c1-2-9-25(10-3-1)26-17-19-28-30-13-8-14-31-32(20-21-36(40(30)31)47-37(28)24-26)44-45-41(43-42(46-44)33-12-4-6-15-35(33)48-43)27-18-22-39-34(23-27)29-11-5-7-16-38(29)49-39/h1-24H. The predicted molar refractivity (Wildman–Crippen MR) is 202 cm³/mol. The summed E-state index contributed by atoms with van der Waals surface area (Å²) in [4.78, 5) is 10.5. The molecule has 0 amide bonds. The summed E-state index contributed by atoms with van der Waals surface area (Å²) in [5.74, 6) is 2.34. The van der Waals surface area contributed by atoms with Crippen LogP contribution in [0, 0.1) is 0 Å². The maximum Gasteiger partial charge on any atom is 0.180 e. The third-order valence-electron chi connectivity index (χ3n) is 9.71. The van der Waals surface area contributed by atoms with Crippen LogP contribution >= 0.6 is 11.3 Å². The zero-order chi connectivity index (χ0) is 32.1. The van der Waals surface area contributed by atoms with E-state index >= 15 is 0 Å². The van der Waals surface area contributed by atoms with Gasteiger partial charge in [-0.05, 0) is 76.7 Å². The van der Waals surface area contributed by atoms with Gasteiger partial charge in [0, 0.05) is 47.6 Å². The molecule has 228 valence electrons. The fraction of sp³-hybridized carbons (Fsp3) is 0. The van der Waals surface area contributed by atoms with Gasteiger partial charge in [0.05, 0.1) is 0 Å². The minimum atomic E-state index is 0.651. The Balaban J connectivity index is 1.14. The molecular weight excluding hydrogens is 621 g/mol. The lowest BCUT2D eigenvalue weighted by Gasteiger charge is -2.23. The maximum absolute atomic E-state index is 6.62. The van der Waals surface area contributed by atoms with E-state index < -0.39 is 0 Å². The number of para-hydroxylation sites is 1. The Kier molecular flexibility index (Phi) is 5.51. The van der Waals surface area contributed by atoms with Gasteiger partial charge in [-0.3, -0.25) is 0 Å². The Bertz CT molecular complexity index is 2980. The smallest absolute Gasteiger partial charge is 0.180 e.